The lowest BCUT2D eigenvalue weighted by atomic mass is 9.88. The van der Waals surface area contributed by atoms with E-state index in [2.05, 4.69) is 97.0 Å². The van der Waals surface area contributed by atoms with Crippen molar-refractivity contribution in [2.24, 2.45) is 0 Å². The third-order valence-electron chi connectivity index (χ3n) is 10.8. The molecule has 0 saturated heterocycles. The highest BCUT2D eigenvalue weighted by Gasteiger charge is 2.31. The average Bonchev–Trinajstić information content (AvgIpc) is 3.87. The number of pyridine rings is 1. The number of aromatic nitrogens is 2. The molecule has 7 aromatic carbocycles. The van der Waals surface area contributed by atoms with Gasteiger partial charge >= 0.3 is 0 Å². The molecule has 0 aliphatic carbocycles. The fourth-order valence-electron chi connectivity index (χ4n) is 8.08. The van der Waals surface area contributed by atoms with Gasteiger partial charge in [-0.1, -0.05) is 154 Å². The second kappa shape index (κ2) is 14.0. The summed E-state index contributed by atoms with van der Waals surface area (Å²) in [7, 11) is 0. The van der Waals surface area contributed by atoms with E-state index < -0.39 is 60.4 Å². The fraction of sp³-hybridized carbons (Fsp3) is 0.113. The molecule has 0 unspecified atom stereocenters. The van der Waals surface area contributed by atoms with Gasteiger partial charge in [0, 0.05) is 33.8 Å². The van der Waals surface area contributed by atoms with E-state index in [-0.39, 0.29) is 34.3 Å². The van der Waals surface area contributed by atoms with Crippen LogP contribution in [-0.4, -0.2) is 16.2 Å². The van der Waals surface area contributed by atoms with E-state index in [1.54, 1.807) is 18.2 Å². The Morgan fingerprint density at radius 2 is 1.21 bits per heavy atom. The molecular formula is C53H44N4. The van der Waals surface area contributed by atoms with Crippen LogP contribution in [0.5, 0.6) is 0 Å². The number of anilines is 4. The maximum atomic E-state index is 9.03. The summed E-state index contributed by atoms with van der Waals surface area (Å²) in [4.78, 5) is 8.92. The van der Waals surface area contributed by atoms with Crippen LogP contribution in [0.15, 0.2) is 188 Å². The minimum absolute atomic E-state index is 0.0557. The average molecular weight is 747 g/mol. The van der Waals surface area contributed by atoms with Crippen molar-refractivity contribution in [2.75, 3.05) is 16.5 Å². The number of rotatable bonds is 7. The van der Waals surface area contributed by atoms with Gasteiger partial charge in [-0.2, -0.15) is 0 Å². The first kappa shape index (κ1) is 25.3. The molecule has 1 aliphatic rings. The Morgan fingerprint density at radius 1 is 0.579 bits per heavy atom. The maximum Gasteiger partial charge on any atom is 0.137 e. The molecule has 0 atom stereocenters. The Hall–Kier alpha value is -6.91. The number of nitrogens with zero attached hydrogens (tertiary/aromatic N) is 4. The predicted molar refractivity (Wildman–Crippen MR) is 239 cm³/mol. The summed E-state index contributed by atoms with van der Waals surface area (Å²) in [5.41, 5.74) is 8.54. The lowest BCUT2D eigenvalue weighted by Gasteiger charge is -2.27. The summed E-state index contributed by atoms with van der Waals surface area (Å²) in [6.07, 6.45) is 2.51. The van der Waals surface area contributed by atoms with Crippen molar-refractivity contribution in [3.8, 4) is 28.1 Å². The largest absolute Gasteiger partial charge is 0.321 e. The second-order valence-electron chi connectivity index (χ2n) is 15.4. The summed E-state index contributed by atoms with van der Waals surface area (Å²) < 4.78 is 89.3. The van der Waals surface area contributed by atoms with Gasteiger partial charge in [0.05, 0.1) is 41.8 Å². The molecule has 0 fully saturated rings. The highest BCUT2D eigenvalue weighted by molar-refractivity contribution is 6.09. The quantitative estimate of drug-likeness (QED) is 0.162. The Morgan fingerprint density at radius 3 is 1.93 bits per heavy atom. The molecule has 0 bridgehead atoms. The number of para-hydroxylation sites is 4. The molecule has 4 heteroatoms. The molecule has 9 aromatic rings. The Balaban J connectivity index is 1.09. The number of benzene rings is 7. The summed E-state index contributed by atoms with van der Waals surface area (Å²) in [6, 6.07) is 35.4. The Labute approximate surface area is 349 Å². The van der Waals surface area contributed by atoms with Crippen molar-refractivity contribution in [1.29, 1.82) is 0 Å². The van der Waals surface area contributed by atoms with Crippen molar-refractivity contribution in [2.45, 2.75) is 32.6 Å². The van der Waals surface area contributed by atoms with Gasteiger partial charge in [-0.05, 0) is 88.2 Å². The Kier molecular flexibility index (Phi) is 6.21. The van der Waals surface area contributed by atoms with Crippen molar-refractivity contribution in [3.63, 3.8) is 0 Å². The zero-order chi connectivity index (χ0) is 47.2. The van der Waals surface area contributed by atoms with Crippen LogP contribution >= 0.6 is 0 Å². The Bertz CT molecular complexity index is 3360. The summed E-state index contributed by atoms with van der Waals surface area (Å²) in [6.45, 7) is 6.78. The maximum absolute atomic E-state index is 9.03. The van der Waals surface area contributed by atoms with Crippen LogP contribution in [0.1, 0.15) is 51.2 Å². The van der Waals surface area contributed by atoms with Crippen LogP contribution in [-0.2, 0) is 11.8 Å². The van der Waals surface area contributed by atoms with Gasteiger partial charge in [-0.3, -0.25) is 4.57 Å². The number of hydrogen-bond donors (Lipinski definition) is 0. The van der Waals surface area contributed by atoms with E-state index >= 15 is 0 Å². The normalized spacial score (nSPS) is 15.2. The van der Waals surface area contributed by atoms with E-state index in [0.29, 0.717) is 17.8 Å². The molecule has 57 heavy (non-hydrogen) atoms. The third kappa shape index (κ3) is 6.24. The van der Waals surface area contributed by atoms with Crippen molar-refractivity contribution in [1.82, 2.24) is 9.55 Å². The van der Waals surface area contributed by atoms with Gasteiger partial charge in [0.25, 0.3) is 0 Å². The van der Waals surface area contributed by atoms with E-state index in [4.69, 9.17) is 18.7 Å². The molecule has 0 spiro atoms. The molecule has 0 saturated carbocycles. The van der Waals surface area contributed by atoms with Crippen LogP contribution in [0.25, 0.3) is 49.9 Å². The van der Waals surface area contributed by atoms with Gasteiger partial charge in [-0.15, -0.1) is 0 Å². The van der Waals surface area contributed by atoms with Crippen LogP contribution in [0.4, 0.5) is 22.7 Å². The monoisotopic (exact) mass is 746 g/mol. The van der Waals surface area contributed by atoms with Crippen LogP contribution in [0.2, 0.25) is 0 Å². The zero-order valence-electron chi connectivity index (χ0n) is 41.8. The van der Waals surface area contributed by atoms with Crippen LogP contribution in [0, 0.1) is 0 Å². The summed E-state index contributed by atoms with van der Waals surface area (Å²) in [5.74, 6) is 0.859. The summed E-state index contributed by atoms with van der Waals surface area (Å²) >= 11 is 0. The van der Waals surface area contributed by atoms with E-state index in [0.717, 1.165) is 50.1 Å². The van der Waals surface area contributed by atoms with Gasteiger partial charge in [0.1, 0.15) is 12.5 Å². The van der Waals surface area contributed by atoms with Crippen LogP contribution in [0.3, 0.4) is 0 Å². The van der Waals surface area contributed by atoms with Gasteiger partial charge in [0.15, 0.2) is 0 Å². The van der Waals surface area contributed by atoms with E-state index in [1.807, 2.05) is 47.5 Å². The zero-order valence-corrected chi connectivity index (χ0v) is 31.8. The first-order valence-electron chi connectivity index (χ1n) is 24.0. The molecule has 0 radical (unpaired) electrons. The molecule has 0 amide bonds. The summed E-state index contributed by atoms with van der Waals surface area (Å²) in [5, 5.41) is 2.28. The first-order chi connectivity index (χ1) is 32.0. The minimum Gasteiger partial charge on any atom is -0.321 e. The third-order valence-corrected chi connectivity index (χ3v) is 10.8. The lowest BCUT2D eigenvalue weighted by Crippen LogP contribution is -2.25. The second-order valence-corrected chi connectivity index (χ2v) is 15.4. The van der Waals surface area contributed by atoms with E-state index in [1.165, 1.54) is 5.56 Å². The molecular weight excluding hydrogens is 693 g/mol. The van der Waals surface area contributed by atoms with Gasteiger partial charge in [0.2, 0.25) is 0 Å². The standard InChI is InChI=1S/C53H44N4/c1-53(2,3)41-30-31-54-51(35-41)57-47-25-11-10-22-45(47)46-29-28-38(34-50(46)57)32-37-16-14-21-42(33-37)55-36-56(49-27-13-12-26-48(49)55)52-43(39-17-6-4-7-18-39)23-15-24-44(52)40-19-8-5-9-20-40/h4-31,33-35H,32,36H2,1-3H3/i4D,5D,6D,7D,8D,9D,17D,18D,19D,20D. The molecule has 3 heterocycles. The van der Waals surface area contributed by atoms with Crippen molar-refractivity contribution in [3.05, 3.63) is 205 Å². The van der Waals surface area contributed by atoms with Gasteiger partial charge in [-0.25, -0.2) is 4.98 Å². The van der Waals surface area contributed by atoms with Crippen molar-refractivity contribution < 1.29 is 13.7 Å². The smallest absolute Gasteiger partial charge is 0.137 e. The highest BCUT2D eigenvalue weighted by atomic mass is 15.4. The first-order valence-corrected chi connectivity index (χ1v) is 19.0. The number of fused-ring (bicyclic) bond motifs is 4. The molecule has 1 aliphatic heterocycles. The SMILES string of the molecule is [2H]c1c([2H])c([2H])c(-c2cccc(-c3c([2H])c([2H])c([2H])c([2H])c3[2H])c2N2CN(c3cccc(Cc4ccc5c6ccccc6n(-c6cc(C(C)(C)C)ccn6)c5c4)c3)c3ccccc32)c([2H])c1[2H]. The topological polar surface area (TPSA) is 24.3 Å². The molecule has 2 aromatic heterocycles. The predicted octanol–water partition coefficient (Wildman–Crippen LogP) is 13.6. The fourth-order valence-corrected chi connectivity index (χ4v) is 8.08. The lowest BCUT2D eigenvalue weighted by molar-refractivity contribution is 0.588. The highest BCUT2D eigenvalue weighted by Crippen LogP contribution is 2.50. The number of hydrogen-bond acceptors (Lipinski definition) is 3. The molecule has 0 N–H and O–H groups in total. The van der Waals surface area contributed by atoms with E-state index in [9.17, 15) is 0 Å². The van der Waals surface area contributed by atoms with Gasteiger partial charge < -0.3 is 9.80 Å². The molecule has 10 rings (SSSR count). The van der Waals surface area contributed by atoms with Crippen LogP contribution < -0.4 is 9.80 Å². The van der Waals surface area contributed by atoms with Crippen molar-refractivity contribution >= 4 is 44.6 Å². The minimum atomic E-state index is -0.537. The molecule has 276 valence electrons. The molecule has 4 nitrogen and oxygen atoms in total.